The molecular formula is C11H23N. The fourth-order valence-corrected chi connectivity index (χ4v) is 1.17. The Kier molecular flexibility index (Phi) is 6.93. The molecule has 0 amide bonds. The Balaban J connectivity index is 3.31. The molecule has 0 bridgehead atoms. The third-order valence-electron chi connectivity index (χ3n) is 2.33. The molecule has 0 saturated heterocycles. The van der Waals surface area contributed by atoms with Crippen LogP contribution in [-0.2, 0) is 0 Å². The molecule has 0 fully saturated rings. The van der Waals surface area contributed by atoms with Crippen LogP contribution in [-0.4, -0.2) is 18.5 Å². The van der Waals surface area contributed by atoms with Crippen LogP contribution in [0.15, 0.2) is 12.3 Å². The summed E-state index contributed by atoms with van der Waals surface area (Å²) in [6, 6.07) is 0. The maximum Gasteiger partial charge on any atom is 0.0143 e. The maximum absolute atomic E-state index is 4.05. The summed E-state index contributed by atoms with van der Waals surface area (Å²) in [4.78, 5) is 2.23. The zero-order chi connectivity index (χ0) is 9.40. The summed E-state index contributed by atoms with van der Waals surface area (Å²) in [5, 5.41) is 0. The number of hydrogen-bond acceptors (Lipinski definition) is 1. The van der Waals surface area contributed by atoms with Gasteiger partial charge in [-0.15, -0.1) is 0 Å². The predicted molar refractivity (Wildman–Crippen MR) is 56.2 cm³/mol. The highest BCUT2D eigenvalue weighted by atomic mass is 15.1. The van der Waals surface area contributed by atoms with E-state index in [4.69, 9.17) is 0 Å². The van der Waals surface area contributed by atoms with E-state index in [1.807, 2.05) is 0 Å². The van der Waals surface area contributed by atoms with E-state index in [2.05, 4.69) is 32.4 Å². The topological polar surface area (TPSA) is 3.24 Å². The summed E-state index contributed by atoms with van der Waals surface area (Å²) >= 11 is 0. The van der Waals surface area contributed by atoms with Gasteiger partial charge in [0.05, 0.1) is 0 Å². The smallest absolute Gasteiger partial charge is 0.0143 e. The second-order valence-corrected chi connectivity index (χ2v) is 3.39. The van der Waals surface area contributed by atoms with Crippen molar-refractivity contribution >= 4 is 0 Å². The van der Waals surface area contributed by atoms with Crippen molar-refractivity contribution in [1.82, 2.24) is 4.90 Å². The highest BCUT2D eigenvalue weighted by Crippen LogP contribution is 2.10. The predicted octanol–water partition coefficient (Wildman–Crippen LogP) is 3.42. The number of hydrogen-bond donors (Lipinski definition) is 0. The van der Waals surface area contributed by atoms with Gasteiger partial charge in [0, 0.05) is 19.3 Å². The van der Waals surface area contributed by atoms with Crippen molar-refractivity contribution < 1.29 is 0 Å². The highest BCUT2D eigenvalue weighted by Gasteiger charge is 1.97. The first-order valence-electron chi connectivity index (χ1n) is 5.11. The number of allylic oxidation sites excluding steroid dienone is 1. The lowest BCUT2D eigenvalue weighted by molar-refractivity contribution is 0.418. The van der Waals surface area contributed by atoms with Crippen LogP contribution in [0, 0.1) is 0 Å². The summed E-state index contributed by atoms with van der Waals surface area (Å²) in [6.45, 7) is 9.53. The summed E-state index contributed by atoms with van der Waals surface area (Å²) in [5.41, 5.74) is 1.29. The third-order valence-corrected chi connectivity index (χ3v) is 2.33. The molecule has 72 valence electrons. The van der Waals surface area contributed by atoms with Crippen molar-refractivity contribution in [1.29, 1.82) is 0 Å². The Bertz CT molecular complexity index is 118. The quantitative estimate of drug-likeness (QED) is 0.528. The van der Waals surface area contributed by atoms with Gasteiger partial charge in [-0.05, 0) is 19.8 Å². The number of nitrogens with zero attached hydrogens (tertiary/aromatic N) is 1. The van der Waals surface area contributed by atoms with E-state index in [1.54, 1.807) is 0 Å². The third kappa shape index (κ3) is 5.22. The van der Waals surface area contributed by atoms with Crippen LogP contribution in [0.2, 0.25) is 0 Å². The fourth-order valence-electron chi connectivity index (χ4n) is 1.17. The van der Waals surface area contributed by atoms with E-state index >= 15 is 0 Å². The second kappa shape index (κ2) is 7.20. The molecule has 0 unspecified atom stereocenters. The SMILES string of the molecule is C=C(CCCCCC)N(C)CC. The van der Waals surface area contributed by atoms with E-state index in [9.17, 15) is 0 Å². The van der Waals surface area contributed by atoms with Crippen LogP contribution in [0.5, 0.6) is 0 Å². The first-order chi connectivity index (χ1) is 5.72. The Morgan fingerprint density at radius 3 is 2.33 bits per heavy atom. The van der Waals surface area contributed by atoms with Crippen LogP contribution in [0.1, 0.15) is 46.0 Å². The Labute approximate surface area is 77.5 Å². The van der Waals surface area contributed by atoms with E-state index in [0.717, 1.165) is 6.54 Å². The van der Waals surface area contributed by atoms with Crippen molar-refractivity contribution in [3.8, 4) is 0 Å². The molecular weight excluding hydrogens is 146 g/mol. The molecule has 0 spiro atoms. The summed E-state index contributed by atoms with van der Waals surface area (Å²) < 4.78 is 0. The molecule has 12 heavy (non-hydrogen) atoms. The van der Waals surface area contributed by atoms with Gasteiger partial charge in [-0.1, -0.05) is 32.8 Å². The Morgan fingerprint density at radius 2 is 1.83 bits per heavy atom. The molecule has 0 heterocycles. The van der Waals surface area contributed by atoms with E-state index < -0.39 is 0 Å². The van der Waals surface area contributed by atoms with Gasteiger partial charge in [-0.3, -0.25) is 0 Å². The van der Waals surface area contributed by atoms with Gasteiger partial charge in [0.2, 0.25) is 0 Å². The molecule has 0 saturated carbocycles. The van der Waals surface area contributed by atoms with Gasteiger partial charge in [-0.25, -0.2) is 0 Å². The van der Waals surface area contributed by atoms with Gasteiger partial charge >= 0.3 is 0 Å². The standard InChI is InChI=1S/C11H23N/c1-5-7-8-9-10-11(3)12(4)6-2/h3,5-10H2,1-2,4H3. The average Bonchev–Trinajstić information content (AvgIpc) is 2.10. The van der Waals surface area contributed by atoms with Gasteiger partial charge in [0.15, 0.2) is 0 Å². The fraction of sp³-hybridized carbons (Fsp3) is 0.818. The molecule has 0 atom stereocenters. The van der Waals surface area contributed by atoms with Crippen molar-refractivity contribution in [2.24, 2.45) is 0 Å². The molecule has 0 aromatic heterocycles. The first kappa shape index (κ1) is 11.5. The van der Waals surface area contributed by atoms with Gasteiger partial charge in [0.1, 0.15) is 0 Å². The Hall–Kier alpha value is -0.460. The molecule has 0 rings (SSSR count). The lowest BCUT2D eigenvalue weighted by Gasteiger charge is -2.19. The van der Waals surface area contributed by atoms with Crippen LogP contribution in [0.3, 0.4) is 0 Å². The molecule has 1 heteroatoms. The minimum absolute atomic E-state index is 1.08. The zero-order valence-electron chi connectivity index (χ0n) is 8.90. The van der Waals surface area contributed by atoms with Gasteiger partial charge in [0.25, 0.3) is 0 Å². The second-order valence-electron chi connectivity index (χ2n) is 3.39. The molecule has 0 N–H and O–H groups in total. The average molecular weight is 169 g/mol. The molecule has 1 nitrogen and oxygen atoms in total. The molecule has 0 aromatic rings. The largest absolute Gasteiger partial charge is 0.379 e. The monoisotopic (exact) mass is 169 g/mol. The van der Waals surface area contributed by atoms with Gasteiger partial charge < -0.3 is 4.90 Å². The lowest BCUT2D eigenvalue weighted by atomic mass is 10.1. The zero-order valence-corrected chi connectivity index (χ0v) is 8.90. The van der Waals surface area contributed by atoms with E-state index in [-0.39, 0.29) is 0 Å². The molecule has 0 aliphatic heterocycles. The highest BCUT2D eigenvalue weighted by molar-refractivity contribution is 4.91. The van der Waals surface area contributed by atoms with Crippen LogP contribution in [0.4, 0.5) is 0 Å². The normalized spacial score (nSPS) is 9.92. The minimum atomic E-state index is 1.08. The number of rotatable bonds is 7. The lowest BCUT2D eigenvalue weighted by Crippen LogP contribution is -2.15. The van der Waals surface area contributed by atoms with Crippen LogP contribution >= 0.6 is 0 Å². The van der Waals surface area contributed by atoms with Crippen molar-refractivity contribution in [2.75, 3.05) is 13.6 Å². The van der Waals surface area contributed by atoms with Crippen molar-refractivity contribution in [2.45, 2.75) is 46.0 Å². The minimum Gasteiger partial charge on any atom is -0.379 e. The summed E-state index contributed by atoms with van der Waals surface area (Å²) in [5.74, 6) is 0. The van der Waals surface area contributed by atoms with Crippen molar-refractivity contribution in [3.63, 3.8) is 0 Å². The van der Waals surface area contributed by atoms with E-state index in [1.165, 1.54) is 37.8 Å². The Morgan fingerprint density at radius 1 is 1.17 bits per heavy atom. The summed E-state index contributed by atoms with van der Waals surface area (Å²) in [6.07, 6.45) is 6.51. The van der Waals surface area contributed by atoms with Crippen LogP contribution in [0.25, 0.3) is 0 Å². The summed E-state index contributed by atoms with van der Waals surface area (Å²) in [7, 11) is 2.11. The van der Waals surface area contributed by atoms with E-state index in [0.29, 0.717) is 0 Å². The first-order valence-corrected chi connectivity index (χ1v) is 5.11. The number of unbranched alkanes of at least 4 members (excludes halogenated alkanes) is 3. The molecule has 0 aromatic carbocycles. The van der Waals surface area contributed by atoms with Crippen LogP contribution < -0.4 is 0 Å². The maximum atomic E-state index is 4.05. The molecule has 0 radical (unpaired) electrons. The molecule has 0 aliphatic carbocycles. The molecule has 0 aliphatic rings. The van der Waals surface area contributed by atoms with Crippen molar-refractivity contribution in [3.05, 3.63) is 12.3 Å². The van der Waals surface area contributed by atoms with Gasteiger partial charge in [-0.2, -0.15) is 0 Å².